The van der Waals surface area contributed by atoms with Crippen LogP contribution in [0.1, 0.15) is 25.3 Å². The molecule has 0 bridgehead atoms. The first-order chi connectivity index (χ1) is 9.63. The standard InChI is InChI=1S/C15H19N3O2/c1-12(19)5-6-15(20)17-14-4-2-3-13(9-14)10-18-8-7-16-11-18/h2-4,7-9,11-12,19H,5-6,10H2,1H3,(H,17,20). The van der Waals surface area contributed by atoms with Gasteiger partial charge in [-0.2, -0.15) is 0 Å². The summed E-state index contributed by atoms with van der Waals surface area (Å²) in [6, 6.07) is 7.72. The van der Waals surface area contributed by atoms with Gasteiger partial charge in [0, 0.05) is 31.0 Å². The Bertz CT molecular complexity index is 550. The van der Waals surface area contributed by atoms with Gasteiger partial charge in [0.2, 0.25) is 5.91 Å². The van der Waals surface area contributed by atoms with Crippen LogP contribution in [0.5, 0.6) is 0 Å². The third-order valence-corrected chi connectivity index (χ3v) is 2.92. The number of carbonyl (C=O) groups is 1. The highest BCUT2D eigenvalue weighted by atomic mass is 16.3. The summed E-state index contributed by atoms with van der Waals surface area (Å²) < 4.78 is 1.97. The molecule has 0 fully saturated rings. The zero-order valence-corrected chi connectivity index (χ0v) is 11.5. The van der Waals surface area contributed by atoms with Gasteiger partial charge in [0.05, 0.1) is 12.4 Å². The number of benzene rings is 1. The summed E-state index contributed by atoms with van der Waals surface area (Å²) in [4.78, 5) is 15.7. The third-order valence-electron chi connectivity index (χ3n) is 2.92. The van der Waals surface area contributed by atoms with E-state index in [0.717, 1.165) is 17.8 Å². The minimum absolute atomic E-state index is 0.0781. The summed E-state index contributed by atoms with van der Waals surface area (Å²) >= 11 is 0. The number of hydrogen-bond donors (Lipinski definition) is 2. The predicted molar refractivity (Wildman–Crippen MR) is 77.3 cm³/mol. The summed E-state index contributed by atoms with van der Waals surface area (Å²) in [5, 5.41) is 12.0. The molecule has 2 N–H and O–H groups in total. The molecule has 1 amide bonds. The Hall–Kier alpha value is -2.14. The highest BCUT2D eigenvalue weighted by Crippen LogP contribution is 2.12. The number of anilines is 1. The van der Waals surface area contributed by atoms with E-state index in [2.05, 4.69) is 10.3 Å². The predicted octanol–water partition coefficient (Wildman–Crippen LogP) is 2.03. The molecule has 1 atom stereocenters. The van der Waals surface area contributed by atoms with Gasteiger partial charge in [-0.25, -0.2) is 4.98 Å². The number of hydrogen-bond acceptors (Lipinski definition) is 3. The lowest BCUT2D eigenvalue weighted by Crippen LogP contribution is -2.14. The zero-order chi connectivity index (χ0) is 14.4. The molecule has 0 saturated heterocycles. The fourth-order valence-electron chi connectivity index (χ4n) is 1.90. The Morgan fingerprint density at radius 3 is 3.05 bits per heavy atom. The summed E-state index contributed by atoms with van der Waals surface area (Å²) in [6.07, 6.45) is 5.74. The topological polar surface area (TPSA) is 67.2 Å². The van der Waals surface area contributed by atoms with Crippen LogP contribution >= 0.6 is 0 Å². The third kappa shape index (κ3) is 4.51. The van der Waals surface area contributed by atoms with Crippen LogP contribution in [-0.4, -0.2) is 26.7 Å². The first kappa shape index (κ1) is 14.3. The van der Waals surface area contributed by atoms with E-state index >= 15 is 0 Å². The first-order valence-electron chi connectivity index (χ1n) is 6.66. The van der Waals surface area contributed by atoms with E-state index in [9.17, 15) is 4.79 Å². The molecule has 5 nitrogen and oxygen atoms in total. The molecule has 20 heavy (non-hydrogen) atoms. The van der Waals surface area contributed by atoms with E-state index in [0.29, 0.717) is 12.8 Å². The molecule has 1 aromatic carbocycles. The van der Waals surface area contributed by atoms with Gasteiger partial charge in [0.1, 0.15) is 0 Å². The number of aliphatic hydroxyl groups excluding tert-OH is 1. The number of amides is 1. The van der Waals surface area contributed by atoms with Crippen LogP contribution in [-0.2, 0) is 11.3 Å². The minimum Gasteiger partial charge on any atom is -0.393 e. The average Bonchev–Trinajstić information content (AvgIpc) is 2.89. The number of rotatable bonds is 6. The molecule has 106 valence electrons. The number of nitrogens with zero attached hydrogens (tertiary/aromatic N) is 2. The van der Waals surface area contributed by atoms with E-state index < -0.39 is 6.10 Å². The molecule has 0 aliphatic carbocycles. The quantitative estimate of drug-likeness (QED) is 0.846. The van der Waals surface area contributed by atoms with Crippen molar-refractivity contribution in [2.24, 2.45) is 0 Å². The number of imidazole rings is 1. The molecule has 1 aromatic heterocycles. The molecule has 5 heteroatoms. The van der Waals surface area contributed by atoms with Crippen molar-refractivity contribution >= 4 is 11.6 Å². The van der Waals surface area contributed by atoms with Crippen molar-refractivity contribution in [1.82, 2.24) is 9.55 Å². The Balaban J connectivity index is 1.94. The number of carbonyl (C=O) groups excluding carboxylic acids is 1. The van der Waals surface area contributed by atoms with Crippen molar-refractivity contribution in [2.75, 3.05) is 5.32 Å². The largest absolute Gasteiger partial charge is 0.393 e. The van der Waals surface area contributed by atoms with Crippen LogP contribution in [0, 0.1) is 0 Å². The summed E-state index contributed by atoms with van der Waals surface area (Å²) in [5.41, 5.74) is 1.87. The van der Waals surface area contributed by atoms with Crippen molar-refractivity contribution in [3.05, 3.63) is 48.5 Å². The zero-order valence-electron chi connectivity index (χ0n) is 11.5. The molecule has 0 aliphatic rings. The Kier molecular flexibility index (Phi) is 4.90. The van der Waals surface area contributed by atoms with Gasteiger partial charge in [-0.15, -0.1) is 0 Å². The fraction of sp³-hybridized carbons (Fsp3) is 0.333. The van der Waals surface area contributed by atoms with Crippen LogP contribution in [0.25, 0.3) is 0 Å². The second-order valence-corrected chi connectivity index (χ2v) is 4.87. The van der Waals surface area contributed by atoms with Crippen LogP contribution in [0.15, 0.2) is 43.0 Å². The van der Waals surface area contributed by atoms with Gasteiger partial charge in [0.25, 0.3) is 0 Å². The van der Waals surface area contributed by atoms with Gasteiger partial charge in [0.15, 0.2) is 0 Å². The molecule has 0 aliphatic heterocycles. The van der Waals surface area contributed by atoms with E-state index in [1.54, 1.807) is 19.4 Å². The number of aliphatic hydroxyl groups is 1. The van der Waals surface area contributed by atoms with Crippen molar-refractivity contribution in [2.45, 2.75) is 32.4 Å². The first-order valence-corrected chi connectivity index (χ1v) is 6.66. The van der Waals surface area contributed by atoms with Crippen LogP contribution in [0.3, 0.4) is 0 Å². The molecule has 1 heterocycles. The summed E-state index contributed by atoms with van der Waals surface area (Å²) in [7, 11) is 0. The van der Waals surface area contributed by atoms with E-state index in [1.807, 2.05) is 35.0 Å². The van der Waals surface area contributed by atoms with E-state index in [1.165, 1.54) is 0 Å². The summed E-state index contributed by atoms with van der Waals surface area (Å²) in [5.74, 6) is -0.0781. The van der Waals surface area contributed by atoms with Crippen molar-refractivity contribution < 1.29 is 9.90 Å². The summed E-state index contributed by atoms with van der Waals surface area (Å²) in [6.45, 7) is 2.40. The highest BCUT2D eigenvalue weighted by molar-refractivity contribution is 5.90. The fourth-order valence-corrected chi connectivity index (χ4v) is 1.90. The molecular formula is C15H19N3O2. The van der Waals surface area contributed by atoms with Gasteiger partial charge in [-0.3, -0.25) is 4.79 Å². The van der Waals surface area contributed by atoms with Crippen molar-refractivity contribution in [3.63, 3.8) is 0 Å². The van der Waals surface area contributed by atoms with Gasteiger partial charge in [-0.1, -0.05) is 12.1 Å². The lowest BCUT2D eigenvalue weighted by molar-refractivity contribution is -0.116. The van der Waals surface area contributed by atoms with Gasteiger partial charge < -0.3 is 15.0 Å². The monoisotopic (exact) mass is 273 g/mol. The molecule has 0 spiro atoms. The maximum Gasteiger partial charge on any atom is 0.224 e. The molecule has 2 aromatic rings. The highest BCUT2D eigenvalue weighted by Gasteiger charge is 2.05. The van der Waals surface area contributed by atoms with Crippen molar-refractivity contribution in [3.8, 4) is 0 Å². The maximum atomic E-state index is 11.7. The van der Waals surface area contributed by atoms with Gasteiger partial charge in [-0.05, 0) is 31.0 Å². The Morgan fingerprint density at radius 1 is 1.50 bits per heavy atom. The maximum absolute atomic E-state index is 11.7. The Morgan fingerprint density at radius 2 is 2.35 bits per heavy atom. The average molecular weight is 273 g/mol. The second-order valence-electron chi connectivity index (χ2n) is 4.87. The van der Waals surface area contributed by atoms with Gasteiger partial charge >= 0.3 is 0 Å². The molecular weight excluding hydrogens is 254 g/mol. The minimum atomic E-state index is -0.451. The van der Waals surface area contributed by atoms with Crippen molar-refractivity contribution in [1.29, 1.82) is 0 Å². The smallest absolute Gasteiger partial charge is 0.224 e. The Labute approximate surface area is 118 Å². The van der Waals surface area contributed by atoms with E-state index in [-0.39, 0.29) is 5.91 Å². The normalized spacial score (nSPS) is 12.1. The lowest BCUT2D eigenvalue weighted by Gasteiger charge is -2.08. The lowest BCUT2D eigenvalue weighted by atomic mass is 10.2. The number of aromatic nitrogens is 2. The molecule has 1 unspecified atom stereocenters. The number of nitrogens with one attached hydrogen (secondary N) is 1. The molecule has 0 radical (unpaired) electrons. The van der Waals surface area contributed by atoms with Crippen LogP contribution < -0.4 is 5.32 Å². The molecule has 0 saturated carbocycles. The second kappa shape index (κ2) is 6.86. The van der Waals surface area contributed by atoms with Crippen LogP contribution in [0.4, 0.5) is 5.69 Å². The SMILES string of the molecule is CC(O)CCC(=O)Nc1cccc(Cn2ccnc2)c1. The van der Waals surface area contributed by atoms with Crippen LogP contribution in [0.2, 0.25) is 0 Å². The van der Waals surface area contributed by atoms with E-state index in [4.69, 9.17) is 5.11 Å². The molecule has 2 rings (SSSR count).